The fourth-order valence-electron chi connectivity index (χ4n) is 5.21. The van der Waals surface area contributed by atoms with Crippen molar-refractivity contribution < 1.29 is 24.2 Å². The molecule has 0 bridgehead atoms. The molecular formula is C35H52N6O5S6. The maximum atomic E-state index is 13.8. The van der Waals surface area contributed by atoms with Gasteiger partial charge in [0.25, 0.3) is 0 Å². The maximum Gasteiger partial charge on any atom is 0.407 e. The highest BCUT2D eigenvalue weighted by Gasteiger charge is 2.31. The number of aliphatic hydroxyl groups is 1. The fourth-order valence-corrected chi connectivity index (χ4v) is 6.32. The van der Waals surface area contributed by atoms with Gasteiger partial charge in [0.2, 0.25) is 5.91 Å². The van der Waals surface area contributed by atoms with Crippen LogP contribution in [0.5, 0.6) is 0 Å². The van der Waals surface area contributed by atoms with E-state index >= 15 is 0 Å². The minimum absolute atomic E-state index is 0. The topological polar surface area (TPSA) is 146 Å². The summed E-state index contributed by atoms with van der Waals surface area (Å²) in [6.45, 7) is 6.03. The van der Waals surface area contributed by atoms with Gasteiger partial charge in [-0.05, 0) is 43.2 Å². The Hall–Kier alpha value is -2.93. The Morgan fingerprint density at radius 2 is 1.50 bits per heavy atom. The average Bonchev–Trinajstić information content (AvgIpc) is 3.74. The van der Waals surface area contributed by atoms with E-state index in [0.717, 1.165) is 26.7 Å². The molecule has 0 radical (unpaired) electrons. The predicted octanol–water partition coefficient (Wildman–Crippen LogP) is 5.54. The van der Waals surface area contributed by atoms with E-state index in [4.69, 9.17) is 4.74 Å². The molecule has 0 spiro atoms. The van der Waals surface area contributed by atoms with Crippen LogP contribution in [-0.2, 0) is 35.5 Å². The van der Waals surface area contributed by atoms with Gasteiger partial charge < -0.3 is 30.7 Å². The smallest absolute Gasteiger partial charge is 0.407 e. The molecular weight excluding hydrogens is 777 g/mol. The minimum Gasteiger partial charge on any atom is -0.444 e. The zero-order chi connectivity index (χ0) is 34.5. The van der Waals surface area contributed by atoms with Crippen molar-refractivity contribution in [1.82, 2.24) is 30.8 Å². The molecule has 17 heteroatoms. The molecule has 0 saturated carbocycles. The van der Waals surface area contributed by atoms with E-state index in [1.807, 2.05) is 86.8 Å². The summed E-state index contributed by atoms with van der Waals surface area (Å²) in [6.07, 6.45) is 0.840. The lowest BCUT2D eigenvalue weighted by atomic mass is 9.93. The summed E-state index contributed by atoms with van der Waals surface area (Å²) in [7, 11) is 1.66. The van der Waals surface area contributed by atoms with E-state index < -0.39 is 36.4 Å². The second-order valence-corrected chi connectivity index (χ2v) is 14.1. The highest BCUT2D eigenvalue weighted by atomic mass is 32.1. The standard InChI is InChI=1S/C35H44N6O5S2.4H2S/c1-23(2)32(40-34(44)41(4)19-28-21-47-24(3)37-28)33(43)38-27(15-25-11-7-5-8-12-25)17-31(42)30(16-26-13-9-6-10-14-26)39-35(45)46-20-29-18-36-22-48-29;;;;/h5-14,18,21-23,27,30-32,42H,15-17,19-20H2,1-4H3,(H,38,43)(H,39,45)(H,40,44);4*1H2/t27?,30?,31-,32-;;;;/m0..../s1. The Balaban J connectivity index is 0.00000650. The molecule has 0 aliphatic rings. The number of benzene rings is 2. The summed E-state index contributed by atoms with van der Waals surface area (Å²) < 4.78 is 5.41. The van der Waals surface area contributed by atoms with E-state index in [1.165, 1.54) is 27.6 Å². The van der Waals surface area contributed by atoms with E-state index in [9.17, 15) is 19.5 Å². The first kappa shape index (κ1) is 49.1. The second kappa shape index (κ2) is 25.2. The number of thiazole rings is 2. The van der Waals surface area contributed by atoms with E-state index in [-0.39, 0.29) is 78.8 Å². The van der Waals surface area contributed by atoms with Crippen molar-refractivity contribution in [3.63, 3.8) is 0 Å². The number of alkyl carbamates (subject to hydrolysis) is 1. The fraction of sp³-hybridized carbons (Fsp3) is 0.400. The Labute approximate surface area is 342 Å². The van der Waals surface area contributed by atoms with Crippen molar-refractivity contribution in [2.24, 2.45) is 5.92 Å². The predicted molar refractivity (Wildman–Crippen MR) is 229 cm³/mol. The molecule has 4 rings (SSSR count). The van der Waals surface area contributed by atoms with Crippen molar-refractivity contribution in [2.75, 3.05) is 7.05 Å². The number of ether oxygens (including phenoxy) is 1. The summed E-state index contributed by atoms with van der Waals surface area (Å²) in [5.41, 5.74) is 4.34. The first-order valence-corrected chi connectivity index (χ1v) is 17.6. The summed E-state index contributed by atoms with van der Waals surface area (Å²) in [5, 5.41) is 23.3. The van der Waals surface area contributed by atoms with Crippen LogP contribution in [0.3, 0.4) is 0 Å². The third kappa shape index (κ3) is 16.4. The number of hydrogen-bond donors (Lipinski definition) is 4. The number of carbonyl (C=O) groups excluding carboxylic acids is 3. The number of nitrogens with zero attached hydrogens (tertiary/aromatic N) is 3. The van der Waals surface area contributed by atoms with Gasteiger partial charge >= 0.3 is 12.1 Å². The van der Waals surface area contributed by atoms with E-state index in [0.29, 0.717) is 19.4 Å². The molecule has 2 heterocycles. The summed E-state index contributed by atoms with van der Waals surface area (Å²) in [6, 6.07) is 16.8. The SMILES string of the molecule is Cc1nc(CN(C)C(=O)N[C@H](C(=O)NC(Cc2ccccc2)C[C@H](O)C(Cc2ccccc2)NC(=O)OCc2cncs2)C(C)C)cs1.S.S.S.S. The molecule has 52 heavy (non-hydrogen) atoms. The zero-order valence-corrected chi connectivity index (χ0v) is 35.3. The van der Waals surface area contributed by atoms with Gasteiger partial charge in [0.1, 0.15) is 12.6 Å². The molecule has 2 aromatic carbocycles. The largest absolute Gasteiger partial charge is 0.444 e. The van der Waals surface area contributed by atoms with Crippen LogP contribution >= 0.6 is 76.7 Å². The van der Waals surface area contributed by atoms with Crippen molar-refractivity contribution in [3.8, 4) is 0 Å². The number of rotatable bonds is 16. The number of amides is 4. The number of aliphatic hydroxyl groups excluding tert-OH is 1. The molecule has 0 aliphatic heterocycles. The average molecular weight is 829 g/mol. The first-order chi connectivity index (χ1) is 23.1. The van der Waals surface area contributed by atoms with Gasteiger partial charge in [-0.2, -0.15) is 54.0 Å². The number of aromatic nitrogens is 2. The van der Waals surface area contributed by atoms with Crippen LogP contribution in [0.15, 0.2) is 77.8 Å². The number of nitrogens with one attached hydrogen (secondary N) is 3. The molecule has 0 aliphatic carbocycles. The Bertz CT molecular complexity index is 1580. The lowest BCUT2D eigenvalue weighted by molar-refractivity contribution is -0.124. The third-order valence-corrected chi connectivity index (χ3v) is 9.31. The summed E-state index contributed by atoms with van der Waals surface area (Å²) in [5.74, 6) is -0.576. The highest BCUT2D eigenvalue weighted by Crippen LogP contribution is 2.16. The normalized spacial score (nSPS) is 12.6. The molecule has 2 aromatic heterocycles. The van der Waals surface area contributed by atoms with Gasteiger partial charge in [0.15, 0.2) is 0 Å². The number of hydrogen-bond acceptors (Lipinski definition) is 9. The van der Waals surface area contributed by atoms with Crippen LogP contribution < -0.4 is 16.0 Å². The third-order valence-electron chi connectivity index (χ3n) is 7.73. The monoisotopic (exact) mass is 828 g/mol. The Morgan fingerprint density at radius 1 is 0.885 bits per heavy atom. The van der Waals surface area contributed by atoms with Crippen LogP contribution in [0.2, 0.25) is 0 Å². The van der Waals surface area contributed by atoms with Gasteiger partial charge in [-0.3, -0.25) is 9.78 Å². The minimum atomic E-state index is -1.05. The quantitative estimate of drug-likeness (QED) is 0.116. The van der Waals surface area contributed by atoms with Crippen molar-refractivity contribution >= 4 is 94.7 Å². The molecule has 11 nitrogen and oxygen atoms in total. The zero-order valence-electron chi connectivity index (χ0n) is 29.7. The lowest BCUT2D eigenvalue weighted by Crippen LogP contribution is -2.55. The molecule has 2 unspecified atom stereocenters. The lowest BCUT2D eigenvalue weighted by Gasteiger charge is -2.30. The molecule has 0 saturated heterocycles. The molecule has 4 N–H and O–H groups in total. The molecule has 4 aromatic rings. The molecule has 0 fully saturated rings. The van der Waals surface area contributed by atoms with Crippen molar-refractivity contribution in [3.05, 3.63) is 104 Å². The van der Waals surface area contributed by atoms with Gasteiger partial charge in [-0.25, -0.2) is 14.6 Å². The van der Waals surface area contributed by atoms with Gasteiger partial charge in [0.05, 0.1) is 39.8 Å². The Kier molecular flexibility index (Phi) is 23.7. The number of aryl methyl sites for hydroxylation is 1. The van der Waals surface area contributed by atoms with E-state index in [2.05, 4.69) is 25.9 Å². The maximum absolute atomic E-state index is 13.8. The summed E-state index contributed by atoms with van der Waals surface area (Å²) in [4.78, 5) is 50.5. The summed E-state index contributed by atoms with van der Waals surface area (Å²) >= 11 is 2.90. The van der Waals surface area contributed by atoms with Crippen LogP contribution in [0, 0.1) is 12.8 Å². The van der Waals surface area contributed by atoms with E-state index in [1.54, 1.807) is 18.8 Å². The first-order valence-electron chi connectivity index (χ1n) is 15.9. The number of urea groups is 1. The van der Waals surface area contributed by atoms with Gasteiger partial charge in [-0.1, -0.05) is 74.5 Å². The molecule has 4 amide bonds. The van der Waals surface area contributed by atoms with Crippen LogP contribution in [0.1, 0.15) is 47.0 Å². The van der Waals surface area contributed by atoms with Crippen molar-refractivity contribution in [2.45, 2.75) is 77.4 Å². The number of carbonyl (C=O) groups is 3. The molecule has 288 valence electrons. The van der Waals surface area contributed by atoms with Crippen LogP contribution in [0.25, 0.3) is 0 Å². The molecule has 4 atom stereocenters. The second-order valence-electron chi connectivity index (χ2n) is 12.1. The van der Waals surface area contributed by atoms with Crippen molar-refractivity contribution in [1.29, 1.82) is 0 Å². The van der Waals surface area contributed by atoms with Gasteiger partial charge in [-0.15, -0.1) is 22.7 Å². The van der Waals surface area contributed by atoms with Crippen LogP contribution in [0.4, 0.5) is 9.59 Å². The Morgan fingerprint density at radius 3 is 2.04 bits per heavy atom. The highest BCUT2D eigenvalue weighted by molar-refractivity contribution is 7.59. The van der Waals surface area contributed by atoms with Crippen LogP contribution in [-0.4, -0.2) is 69.3 Å². The van der Waals surface area contributed by atoms with Gasteiger partial charge in [0, 0.05) is 24.7 Å².